The van der Waals surface area contributed by atoms with Crippen molar-refractivity contribution in [3.05, 3.63) is 34.7 Å². The van der Waals surface area contributed by atoms with Gasteiger partial charge in [0.15, 0.2) is 0 Å². The Morgan fingerprint density at radius 1 is 1.37 bits per heavy atom. The molecule has 2 rings (SSSR count). The molecular formula is C13H17NO4S. The molecule has 0 saturated heterocycles. The summed E-state index contributed by atoms with van der Waals surface area (Å²) in [5.41, 5.74) is 0.159. The molecule has 0 aromatic heterocycles. The lowest BCUT2D eigenvalue weighted by molar-refractivity contribution is 0.0869. The molecule has 1 aliphatic rings. The van der Waals surface area contributed by atoms with E-state index in [1.54, 1.807) is 38.1 Å². The monoisotopic (exact) mass is 283 g/mol. The second-order valence-corrected chi connectivity index (χ2v) is 7.01. The van der Waals surface area contributed by atoms with E-state index >= 15 is 0 Å². The average Bonchev–Trinajstić information content (AvgIpc) is 2.65. The van der Waals surface area contributed by atoms with Gasteiger partial charge in [-0.05, 0) is 32.1 Å². The van der Waals surface area contributed by atoms with Crippen molar-refractivity contribution in [3.8, 4) is 0 Å². The minimum absolute atomic E-state index is 0.182. The summed E-state index contributed by atoms with van der Waals surface area (Å²) in [6.07, 6.45) is 1.55. The van der Waals surface area contributed by atoms with Crippen LogP contribution >= 0.6 is 10.6 Å². The molecule has 1 aromatic carbocycles. The lowest BCUT2D eigenvalue weighted by Gasteiger charge is -2.26. The number of benzene rings is 1. The van der Waals surface area contributed by atoms with Crippen molar-refractivity contribution < 1.29 is 19.0 Å². The Morgan fingerprint density at radius 2 is 2.05 bits per heavy atom. The van der Waals surface area contributed by atoms with Crippen LogP contribution in [-0.2, 0) is 0 Å². The maximum atomic E-state index is 12.2. The molecule has 104 valence electrons. The van der Waals surface area contributed by atoms with E-state index in [4.69, 9.17) is 5.11 Å². The second kappa shape index (κ2) is 4.64. The third-order valence-electron chi connectivity index (χ3n) is 2.91. The van der Waals surface area contributed by atoms with E-state index in [1.165, 1.54) is 5.41 Å². The van der Waals surface area contributed by atoms with Crippen molar-refractivity contribution in [2.24, 2.45) is 0 Å². The van der Waals surface area contributed by atoms with E-state index in [9.17, 15) is 13.9 Å². The van der Waals surface area contributed by atoms with Crippen LogP contribution in [0.5, 0.6) is 0 Å². The number of aliphatic hydroxyl groups excluding tert-OH is 1. The third kappa shape index (κ3) is 2.66. The highest BCUT2D eigenvalue weighted by atomic mass is 32.3. The number of carbonyl (C=O) groups excluding carboxylic acids is 1. The molecular weight excluding hydrogens is 266 g/mol. The fourth-order valence-electron chi connectivity index (χ4n) is 1.83. The summed E-state index contributed by atoms with van der Waals surface area (Å²) in [4.78, 5) is 12.5. The standard InChI is InChI=1S/C13H17NO4S/c1-13(2,8-15)14-12(16)10-4-3-5-11-9(10)6-7-19(11,17)18/h3-7,15,17-18H,8H2,1-2H3,(H,14,16). The number of hydrogen-bond donors (Lipinski definition) is 4. The SMILES string of the molecule is CC(C)(CO)NC(=O)c1cccc2c1C=CS2(O)O. The first-order chi connectivity index (χ1) is 8.77. The molecule has 0 radical (unpaired) electrons. The number of amides is 1. The lowest BCUT2D eigenvalue weighted by atomic mass is 10.0. The van der Waals surface area contributed by atoms with Crippen molar-refractivity contribution in [2.75, 3.05) is 6.61 Å². The van der Waals surface area contributed by atoms with Gasteiger partial charge in [0.1, 0.15) is 0 Å². The number of nitrogens with one attached hydrogen (secondary N) is 1. The maximum absolute atomic E-state index is 12.2. The number of rotatable bonds is 3. The van der Waals surface area contributed by atoms with Crippen LogP contribution in [0, 0.1) is 0 Å². The van der Waals surface area contributed by atoms with Crippen LogP contribution in [0.3, 0.4) is 0 Å². The molecule has 1 aliphatic heterocycles. The predicted molar refractivity (Wildman–Crippen MR) is 75.2 cm³/mol. The van der Waals surface area contributed by atoms with E-state index in [1.807, 2.05) is 0 Å². The van der Waals surface area contributed by atoms with Gasteiger partial charge in [0.2, 0.25) is 0 Å². The van der Waals surface area contributed by atoms with Crippen molar-refractivity contribution in [2.45, 2.75) is 24.3 Å². The van der Waals surface area contributed by atoms with E-state index in [-0.39, 0.29) is 12.5 Å². The zero-order valence-corrected chi connectivity index (χ0v) is 11.6. The largest absolute Gasteiger partial charge is 0.394 e. The Labute approximate surface area is 113 Å². The van der Waals surface area contributed by atoms with Crippen LogP contribution < -0.4 is 5.32 Å². The molecule has 1 amide bonds. The fraction of sp³-hybridized carbons (Fsp3) is 0.308. The van der Waals surface area contributed by atoms with Gasteiger partial charge < -0.3 is 10.4 Å². The highest BCUT2D eigenvalue weighted by Gasteiger charge is 2.27. The van der Waals surface area contributed by atoms with Gasteiger partial charge in [0.05, 0.1) is 17.0 Å². The Balaban J connectivity index is 2.36. The molecule has 0 fully saturated rings. The van der Waals surface area contributed by atoms with Crippen LogP contribution in [0.15, 0.2) is 28.5 Å². The summed E-state index contributed by atoms with van der Waals surface area (Å²) in [7, 11) is -2.92. The third-order valence-corrected chi connectivity index (χ3v) is 4.42. The Morgan fingerprint density at radius 3 is 2.68 bits per heavy atom. The quantitative estimate of drug-likeness (QED) is 0.685. The van der Waals surface area contributed by atoms with Gasteiger partial charge in [-0.3, -0.25) is 13.9 Å². The van der Waals surface area contributed by atoms with Crippen molar-refractivity contribution in [1.29, 1.82) is 0 Å². The molecule has 0 aliphatic carbocycles. The van der Waals surface area contributed by atoms with Crippen LogP contribution in [0.25, 0.3) is 6.08 Å². The molecule has 0 spiro atoms. The van der Waals surface area contributed by atoms with Gasteiger partial charge in [-0.1, -0.05) is 6.07 Å². The topological polar surface area (TPSA) is 89.8 Å². The van der Waals surface area contributed by atoms with Crippen molar-refractivity contribution >= 4 is 22.6 Å². The lowest BCUT2D eigenvalue weighted by Crippen LogP contribution is -2.46. The van der Waals surface area contributed by atoms with Gasteiger partial charge in [0.25, 0.3) is 5.91 Å². The van der Waals surface area contributed by atoms with E-state index in [0.717, 1.165) is 0 Å². The molecule has 5 nitrogen and oxygen atoms in total. The minimum atomic E-state index is -2.92. The summed E-state index contributed by atoms with van der Waals surface area (Å²) in [5, 5.41) is 13.2. The molecule has 0 atom stereocenters. The average molecular weight is 283 g/mol. The first kappa shape index (κ1) is 14.1. The van der Waals surface area contributed by atoms with Crippen LogP contribution in [0.1, 0.15) is 29.8 Å². The summed E-state index contributed by atoms with van der Waals surface area (Å²) in [6.45, 7) is 3.23. The molecule has 0 unspecified atom stereocenters. The van der Waals surface area contributed by atoms with Crippen molar-refractivity contribution in [3.63, 3.8) is 0 Å². The normalized spacial score (nSPS) is 17.9. The molecule has 0 bridgehead atoms. The molecule has 4 N–H and O–H groups in total. The Bertz CT molecular complexity index is 552. The van der Waals surface area contributed by atoms with E-state index in [2.05, 4.69) is 5.32 Å². The second-order valence-electron chi connectivity index (χ2n) is 5.11. The van der Waals surface area contributed by atoms with E-state index < -0.39 is 16.1 Å². The minimum Gasteiger partial charge on any atom is -0.394 e. The number of carbonyl (C=O) groups is 1. The van der Waals surface area contributed by atoms with Gasteiger partial charge >= 0.3 is 0 Å². The van der Waals surface area contributed by atoms with Crippen LogP contribution in [0.2, 0.25) is 0 Å². The highest BCUT2D eigenvalue weighted by molar-refractivity contribution is 8.27. The Hall–Kier alpha value is -1.34. The van der Waals surface area contributed by atoms with Gasteiger partial charge in [-0.15, -0.1) is 10.6 Å². The number of aliphatic hydroxyl groups is 1. The fourth-order valence-corrected chi connectivity index (χ4v) is 3.08. The molecule has 6 heteroatoms. The van der Waals surface area contributed by atoms with Crippen LogP contribution in [-0.4, -0.2) is 32.3 Å². The molecule has 1 aromatic rings. The first-order valence-corrected chi connectivity index (χ1v) is 7.40. The zero-order chi connectivity index (χ0) is 14.3. The smallest absolute Gasteiger partial charge is 0.252 e. The first-order valence-electron chi connectivity index (χ1n) is 5.79. The maximum Gasteiger partial charge on any atom is 0.252 e. The summed E-state index contributed by atoms with van der Waals surface area (Å²) in [6, 6.07) is 4.83. The summed E-state index contributed by atoms with van der Waals surface area (Å²) >= 11 is 0. The van der Waals surface area contributed by atoms with Crippen LogP contribution in [0.4, 0.5) is 0 Å². The van der Waals surface area contributed by atoms with Crippen molar-refractivity contribution in [1.82, 2.24) is 5.32 Å². The molecule has 0 saturated carbocycles. The number of hydrogen-bond acceptors (Lipinski definition) is 4. The number of fused-ring (bicyclic) bond motifs is 1. The zero-order valence-electron chi connectivity index (χ0n) is 10.8. The summed E-state index contributed by atoms with van der Waals surface area (Å²) < 4.78 is 19.6. The summed E-state index contributed by atoms with van der Waals surface area (Å²) in [5.74, 6) is -0.349. The highest BCUT2D eigenvalue weighted by Crippen LogP contribution is 2.56. The molecule has 19 heavy (non-hydrogen) atoms. The van der Waals surface area contributed by atoms with Gasteiger partial charge in [0, 0.05) is 16.5 Å². The predicted octanol–water partition coefficient (Wildman–Crippen LogP) is 2.28. The molecule has 1 heterocycles. The van der Waals surface area contributed by atoms with Gasteiger partial charge in [-0.2, -0.15) is 0 Å². The van der Waals surface area contributed by atoms with E-state index in [0.29, 0.717) is 16.0 Å². The van der Waals surface area contributed by atoms with Gasteiger partial charge in [-0.25, -0.2) is 0 Å². The Kier molecular flexibility index (Phi) is 3.44.